The Morgan fingerprint density at radius 3 is 2.48 bits per heavy atom. The lowest BCUT2D eigenvalue weighted by atomic mass is 10.0. The SMILES string of the molecule is CCCNc1nc(CC)nc(NCC2(C)CCCO2)c1C. The number of hydrogen-bond acceptors (Lipinski definition) is 5. The number of aryl methyl sites for hydroxylation is 1. The van der Waals surface area contributed by atoms with Gasteiger partial charge in [0.05, 0.1) is 5.60 Å². The molecule has 118 valence electrons. The van der Waals surface area contributed by atoms with Gasteiger partial charge < -0.3 is 15.4 Å². The third-order valence-electron chi connectivity index (χ3n) is 3.98. The fourth-order valence-electron chi connectivity index (χ4n) is 2.56. The summed E-state index contributed by atoms with van der Waals surface area (Å²) >= 11 is 0. The first-order valence-corrected chi connectivity index (χ1v) is 8.07. The first kappa shape index (κ1) is 16.0. The molecule has 5 heteroatoms. The number of ether oxygens (including phenoxy) is 1. The predicted octanol–water partition coefficient (Wildman–Crippen LogP) is 3.15. The van der Waals surface area contributed by atoms with Crippen molar-refractivity contribution in [1.29, 1.82) is 0 Å². The smallest absolute Gasteiger partial charge is 0.134 e. The fourth-order valence-corrected chi connectivity index (χ4v) is 2.56. The highest BCUT2D eigenvalue weighted by molar-refractivity contribution is 5.57. The molecule has 21 heavy (non-hydrogen) atoms. The van der Waals surface area contributed by atoms with Crippen LogP contribution in [0.5, 0.6) is 0 Å². The third kappa shape index (κ3) is 4.06. The van der Waals surface area contributed by atoms with Gasteiger partial charge in [-0.25, -0.2) is 9.97 Å². The largest absolute Gasteiger partial charge is 0.373 e. The van der Waals surface area contributed by atoms with Crippen LogP contribution in [0.15, 0.2) is 0 Å². The van der Waals surface area contributed by atoms with Gasteiger partial charge in [0.15, 0.2) is 0 Å². The zero-order valence-corrected chi connectivity index (χ0v) is 13.8. The summed E-state index contributed by atoms with van der Waals surface area (Å²) in [5.74, 6) is 2.75. The molecule has 2 heterocycles. The van der Waals surface area contributed by atoms with Crippen molar-refractivity contribution < 1.29 is 4.74 Å². The van der Waals surface area contributed by atoms with Crippen LogP contribution in [0.25, 0.3) is 0 Å². The van der Waals surface area contributed by atoms with Gasteiger partial charge in [0.2, 0.25) is 0 Å². The maximum atomic E-state index is 5.83. The molecule has 0 radical (unpaired) electrons. The van der Waals surface area contributed by atoms with Crippen LogP contribution in [-0.4, -0.2) is 35.3 Å². The second-order valence-corrected chi connectivity index (χ2v) is 6.00. The first-order valence-electron chi connectivity index (χ1n) is 8.07. The molecular weight excluding hydrogens is 264 g/mol. The monoisotopic (exact) mass is 292 g/mol. The first-order chi connectivity index (χ1) is 10.1. The summed E-state index contributed by atoms with van der Waals surface area (Å²) in [7, 11) is 0. The summed E-state index contributed by atoms with van der Waals surface area (Å²) in [6.07, 6.45) is 4.17. The highest BCUT2D eigenvalue weighted by atomic mass is 16.5. The summed E-state index contributed by atoms with van der Waals surface area (Å²) in [6.45, 7) is 11.1. The second kappa shape index (κ2) is 7.07. The molecule has 0 amide bonds. The minimum absolute atomic E-state index is 0.0687. The molecular formula is C16H28N4O. The molecule has 5 nitrogen and oxygen atoms in total. The van der Waals surface area contributed by atoms with E-state index in [-0.39, 0.29) is 5.60 Å². The van der Waals surface area contributed by atoms with E-state index in [0.717, 1.165) is 68.4 Å². The molecule has 1 aromatic heterocycles. The van der Waals surface area contributed by atoms with Crippen LogP contribution in [0.4, 0.5) is 11.6 Å². The molecule has 0 aliphatic carbocycles. The summed E-state index contributed by atoms with van der Waals surface area (Å²) in [4.78, 5) is 9.23. The van der Waals surface area contributed by atoms with Crippen LogP contribution in [0.2, 0.25) is 0 Å². The van der Waals surface area contributed by atoms with Gasteiger partial charge in [-0.2, -0.15) is 0 Å². The van der Waals surface area contributed by atoms with E-state index >= 15 is 0 Å². The van der Waals surface area contributed by atoms with E-state index in [9.17, 15) is 0 Å². The molecule has 1 fully saturated rings. The van der Waals surface area contributed by atoms with Crippen molar-refractivity contribution in [3.8, 4) is 0 Å². The van der Waals surface area contributed by atoms with Crippen LogP contribution in [-0.2, 0) is 11.2 Å². The molecule has 2 N–H and O–H groups in total. The van der Waals surface area contributed by atoms with Gasteiger partial charge in [-0.3, -0.25) is 0 Å². The Morgan fingerprint density at radius 1 is 1.19 bits per heavy atom. The van der Waals surface area contributed by atoms with Crippen molar-refractivity contribution in [2.75, 3.05) is 30.3 Å². The van der Waals surface area contributed by atoms with E-state index in [1.807, 2.05) is 0 Å². The number of nitrogens with zero attached hydrogens (tertiary/aromatic N) is 2. The van der Waals surface area contributed by atoms with E-state index in [4.69, 9.17) is 4.74 Å². The zero-order valence-electron chi connectivity index (χ0n) is 13.8. The van der Waals surface area contributed by atoms with Crippen molar-refractivity contribution in [3.63, 3.8) is 0 Å². The molecule has 2 rings (SSSR count). The van der Waals surface area contributed by atoms with Gasteiger partial charge in [-0.05, 0) is 33.1 Å². The Balaban J connectivity index is 2.13. The second-order valence-electron chi connectivity index (χ2n) is 6.00. The summed E-state index contributed by atoms with van der Waals surface area (Å²) in [5, 5.41) is 6.86. The van der Waals surface area contributed by atoms with E-state index in [2.05, 4.69) is 48.3 Å². The Morgan fingerprint density at radius 2 is 1.90 bits per heavy atom. The predicted molar refractivity (Wildman–Crippen MR) is 87.0 cm³/mol. The molecule has 1 unspecified atom stereocenters. The average Bonchev–Trinajstić information content (AvgIpc) is 2.92. The summed E-state index contributed by atoms with van der Waals surface area (Å²) in [6, 6.07) is 0. The fraction of sp³-hybridized carbons (Fsp3) is 0.750. The molecule has 0 saturated carbocycles. The third-order valence-corrected chi connectivity index (χ3v) is 3.98. The lowest BCUT2D eigenvalue weighted by molar-refractivity contribution is 0.0314. The number of rotatable bonds is 7. The molecule has 0 spiro atoms. The number of hydrogen-bond donors (Lipinski definition) is 2. The normalized spacial score (nSPS) is 21.5. The van der Waals surface area contributed by atoms with Crippen molar-refractivity contribution >= 4 is 11.6 Å². The minimum atomic E-state index is -0.0687. The topological polar surface area (TPSA) is 59.1 Å². The van der Waals surface area contributed by atoms with Gasteiger partial charge >= 0.3 is 0 Å². The van der Waals surface area contributed by atoms with Crippen molar-refractivity contribution in [2.45, 2.75) is 59.0 Å². The van der Waals surface area contributed by atoms with Gasteiger partial charge in [-0.1, -0.05) is 13.8 Å². The van der Waals surface area contributed by atoms with Crippen molar-refractivity contribution in [3.05, 3.63) is 11.4 Å². The Kier molecular flexibility index (Phi) is 5.39. The number of nitrogens with one attached hydrogen (secondary N) is 2. The highest BCUT2D eigenvalue weighted by Crippen LogP contribution is 2.27. The summed E-state index contributed by atoms with van der Waals surface area (Å²) in [5.41, 5.74) is 1.02. The molecule has 0 aromatic carbocycles. The van der Waals surface area contributed by atoms with Crippen molar-refractivity contribution in [2.24, 2.45) is 0 Å². The molecule has 1 saturated heterocycles. The lowest BCUT2D eigenvalue weighted by Gasteiger charge is -2.24. The molecule has 1 aromatic rings. The van der Waals surface area contributed by atoms with Crippen molar-refractivity contribution in [1.82, 2.24) is 9.97 Å². The number of aromatic nitrogens is 2. The maximum absolute atomic E-state index is 5.83. The van der Waals surface area contributed by atoms with Crippen LogP contribution in [0, 0.1) is 6.92 Å². The summed E-state index contributed by atoms with van der Waals surface area (Å²) < 4.78 is 5.83. The van der Waals surface area contributed by atoms with E-state index in [0.29, 0.717) is 0 Å². The van der Waals surface area contributed by atoms with Crippen LogP contribution in [0.3, 0.4) is 0 Å². The molecule has 0 bridgehead atoms. The Labute approximate surface area is 127 Å². The lowest BCUT2D eigenvalue weighted by Crippen LogP contribution is -2.33. The van der Waals surface area contributed by atoms with Crippen LogP contribution in [0.1, 0.15) is 51.4 Å². The van der Waals surface area contributed by atoms with Gasteiger partial charge in [0.1, 0.15) is 17.5 Å². The zero-order chi connectivity index (χ0) is 15.3. The van der Waals surface area contributed by atoms with Gasteiger partial charge in [0, 0.05) is 31.7 Å². The minimum Gasteiger partial charge on any atom is -0.373 e. The molecule has 1 aliphatic heterocycles. The van der Waals surface area contributed by atoms with Gasteiger partial charge in [0.25, 0.3) is 0 Å². The molecule has 1 atom stereocenters. The Hall–Kier alpha value is -1.36. The van der Waals surface area contributed by atoms with E-state index in [1.165, 1.54) is 0 Å². The standard InChI is InChI=1S/C16H28N4O/c1-5-9-17-14-12(3)15(20-13(6-2)19-14)18-11-16(4)8-7-10-21-16/h5-11H2,1-4H3,(H2,17,18,19,20). The van der Waals surface area contributed by atoms with Gasteiger partial charge in [-0.15, -0.1) is 0 Å². The van der Waals surface area contributed by atoms with E-state index in [1.54, 1.807) is 0 Å². The van der Waals surface area contributed by atoms with Crippen LogP contribution < -0.4 is 10.6 Å². The highest BCUT2D eigenvalue weighted by Gasteiger charge is 2.29. The average molecular weight is 292 g/mol. The number of anilines is 2. The van der Waals surface area contributed by atoms with E-state index < -0.39 is 0 Å². The Bertz CT molecular complexity index is 470. The quantitative estimate of drug-likeness (QED) is 0.808. The van der Waals surface area contributed by atoms with Crippen LogP contribution >= 0.6 is 0 Å². The maximum Gasteiger partial charge on any atom is 0.134 e. The molecule has 1 aliphatic rings.